The first-order valence-corrected chi connectivity index (χ1v) is 7.59. The third-order valence-corrected chi connectivity index (χ3v) is 3.56. The van der Waals surface area contributed by atoms with Crippen LogP contribution in [0, 0.1) is 0 Å². The number of aromatic nitrogens is 2. The number of carboxylic acids is 1. The Morgan fingerprint density at radius 2 is 2.18 bits per heavy atom. The summed E-state index contributed by atoms with van der Waals surface area (Å²) in [6.07, 6.45) is 2.11. The summed E-state index contributed by atoms with van der Waals surface area (Å²) in [6, 6.07) is 8.97. The van der Waals surface area contributed by atoms with Gasteiger partial charge in [-0.15, -0.1) is 0 Å². The van der Waals surface area contributed by atoms with E-state index in [-0.39, 0.29) is 18.4 Å². The molecule has 0 bridgehead atoms. The Morgan fingerprint density at radius 1 is 1.41 bits per heavy atom. The van der Waals surface area contributed by atoms with Crippen LogP contribution in [0.4, 0.5) is 0 Å². The van der Waals surface area contributed by atoms with E-state index in [1.54, 1.807) is 23.9 Å². The Labute approximate surface area is 136 Å². The fraction of sp³-hybridized carbons (Fsp3) is 0.267. The lowest BCUT2D eigenvalue weighted by atomic mass is 10.2. The van der Waals surface area contributed by atoms with E-state index in [4.69, 9.17) is 5.11 Å². The highest BCUT2D eigenvalue weighted by molar-refractivity contribution is 9.10. The quantitative estimate of drug-likeness (QED) is 0.823. The van der Waals surface area contributed by atoms with Crippen molar-refractivity contribution in [3.05, 3.63) is 46.7 Å². The van der Waals surface area contributed by atoms with Crippen LogP contribution in [0.15, 0.2) is 41.0 Å². The molecule has 0 fully saturated rings. The number of carboxylic acid groups (broad SMARTS) is 1. The van der Waals surface area contributed by atoms with Crippen LogP contribution in [0.2, 0.25) is 0 Å². The molecule has 2 aromatic rings. The minimum atomic E-state index is -0.875. The molecule has 1 amide bonds. The van der Waals surface area contributed by atoms with Crippen LogP contribution in [0.1, 0.15) is 30.3 Å². The van der Waals surface area contributed by atoms with Crippen LogP contribution in [-0.4, -0.2) is 32.8 Å². The molecular formula is C15H16BrN3O3. The van der Waals surface area contributed by atoms with Crippen LogP contribution < -0.4 is 5.32 Å². The number of carbonyl (C=O) groups excluding carboxylic acids is 1. The number of halogens is 1. The van der Waals surface area contributed by atoms with E-state index >= 15 is 0 Å². The van der Waals surface area contributed by atoms with Gasteiger partial charge in [0.25, 0.3) is 5.91 Å². The first kappa shape index (κ1) is 16.2. The second-order valence-electron chi connectivity index (χ2n) is 4.93. The van der Waals surface area contributed by atoms with Gasteiger partial charge in [0.1, 0.15) is 0 Å². The van der Waals surface area contributed by atoms with Crippen molar-refractivity contribution in [2.45, 2.75) is 25.8 Å². The van der Waals surface area contributed by atoms with Gasteiger partial charge in [0.2, 0.25) is 0 Å². The molecule has 1 aromatic heterocycles. The van der Waals surface area contributed by atoms with E-state index in [2.05, 4.69) is 26.3 Å². The Balaban J connectivity index is 2.01. The normalized spacial score (nSPS) is 11.9. The average Bonchev–Trinajstić information content (AvgIpc) is 2.95. The maximum absolute atomic E-state index is 12.1. The van der Waals surface area contributed by atoms with Crippen molar-refractivity contribution in [3.63, 3.8) is 0 Å². The summed E-state index contributed by atoms with van der Waals surface area (Å²) in [7, 11) is 0. The van der Waals surface area contributed by atoms with Gasteiger partial charge in [-0.1, -0.05) is 22.0 Å². The molecule has 2 N–H and O–H groups in total. The summed E-state index contributed by atoms with van der Waals surface area (Å²) in [6.45, 7) is 1.77. The maximum atomic E-state index is 12.1. The number of benzene rings is 1. The summed E-state index contributed by atoms with van der Waals surface area (Å²) in [5, 5.41) is 15.6. The van der Waals surface area contributed by atoms with Gasteiger partial charge < -0.3 is 10.4 Å². The van der Waals surface area contributed by atoms with Gasteiger partial charge in [0.05, 0.1) is 5.69 Å². The highest BCUT2D eigenvalue weighted by atomic mass is 79.9. The Kier molecular flexibility index (Phi) is 5.32. The molecular weight excluding hydrogens is 350 g/mol. The fourth-order valence-corrected chi connectivity index (χ4v) is 2.30. The number of carbonyl (C=O) groups is 2. The molecule has 2 rings (SSSR count). The van der Waals surface area contributed by atoms with Crippen molar-refractivity contribution in [2.24, 2.45) is 0 Å². The molecule has 0 aliphatic heterocycles. The Hall–Kier alpha value is -2.15. The molecule has 0 aliphatic carbocycles. The van der Waals surface area contributed by atoms with Gasteiger partial charge >= 0.3 is 5.97 Å². The van der Waals surface area contributed by atoms with Crippen LogP contribution in [0.5, 0.6) is 0 Å². The lowest BCUT2D eigenvalue weighted by Crippen LogP contribution is -2.33. The average molecular weight is 366 g/mol. The van der Waals surface area contributed by atoms with E-state index in [0.717, 1.165) is 10.2 Å². The lowest BCUT2D eigenvalue weighted by Gasteiger charge is -2.11. The zero-order valence-corrected chi connectivity index (χ0v) is 13.6. The number of hydrogen-bond acceptors (Lipinski definition) is 3. The molecule has 0 radical (unpaired) electrons. The highest BCUT2D eigenvalue weighted by Crippen LogP contribution is 2.15. The summed E-state index contributed by atoms with van der Waals surface area (Å²) in [4.78, 5) is 22.6. The molecule has 1 unspecified atom stereocenters. The SMILES string of the molecule is CC(CCC(=O)O)NC(=O)c1ccn(-c2cccc(Br)c2)n1. The second-order valence-corrected chi connectivity index (χ2v) is 5.85. The molecule has 0 aliphatic rings. The molecule has 0 spiro atoms. The number of aliphatic carboxylic acids is 1. The van der Waals surface area contributed by atoms with E-state index < -0.39 is 5.97 Å². The third-order valence-electron chi connectivity index (χ3n) is 3.06. The topological polar surface area (TPSA) is 84.2 Å². The van der Waals surface area contributed by atoms with Crippen LogP contribution >= 0.6 is 15.9 Å². The lowest BCUT2D eigenvalue weighted by molar-refractivity contribution is -0.137. The zero-order valence-electron chi connectivity index (χ0n) is 12.0. The molecule has 116 valence electrons. The number of nitrogens with one attached hydrogen (secondary N) is 1. The minimum Gasteiger partial charge on any atom is -0.481 e. The van der Waals surface area contributed by atoms with Crippen LogP contribution in [0.3, 0.4) is 0 Å². The van der Waals surface area contributed by atoms with Gasteiger partial charge in [-0.2, -0.15) is 5.10 Å². The van der Waals surface area contributed by atoms with E-state index in [1.807, 2.05) is 24.3 Å². The molecule has 0 saturated heterocycles. The van der Waals surface area contributed by atoms with Crippen LogP contribution in [-0.2, 0) is 4.79 Å². The van der Waals surface area contributed by atoms with Gasteiger partial charge in [-0.05, 0) is 37.6 Å². The Bertz CT molecular complexity index is 684. The minimum absolute atomic E-state index is 0.0218. The first-order chi connectivity index (χ1) is 10.5. The van der Waals surface area contributed by atoms with Crippen LogP contribution in [0.25, 0.3) is 5.69 Å². The second kappa shape index (κ2) is 7.22. The van der Waals surface area contributed by atoms with E-state index in [9.17, 15) is 9.59 Å². The Morgan fingerprint density at radius 3 is 2.86 bits per heavy atom. The molecule has 1 aromatic carbocycles. The monoisotopic (exact) mass is 365 g/mol. The van der Waals surface area contributed by atoms with Crippen molar-refractivity contribution >= 4 is 27.8 Å². The molecule has 0 saturated carbocycles. The predicted octanol–water partition coefficient (Wildman–Crippen LogP) is 2.62. The number of hydrogen-bond donors (Lipinski definition) is 2. The van der Waals surface area contributed by atoms with Gasteiger partial charge in [-0.3, -0.25) is 9.59 Å². The molecule has 22 heavy (non-hydrogen) atoms. The van der Waals surface area contributed by atoms with E-state index in [0.29, 0.717) is 12.1 Å². The number of amides is 1. The smallest absolute Gasteiger partial charge is 0.303 e. The fourth-order valence-electron chi connectivity index (χ4n) is 1.92. The standard InChI is InChI=1S/C15H16BrN3O3/c1-10(5-6-14(20)21)17-15(22)13-7-8-19(18-13)12-4-2-3-11(16)9-12/h2-4,7-10H,5-6H2,1H3,(H,17,22)(H,20,21). The number of nitrogens with zero attached hydrogens (tertiary/aromatic N) is 2. The van der Waals surface area contributed by atoms with Gasteiger partial charge in [-0.25, -0.2) is 4.68 Å². The first-order valence-electron chi connectivity index (χ1n) is 6.80. The largest absolute Gasteiger partial charge is 0.481 e. The molecule has 6 nitrogen and oxygen atoms in total. The van der Waals surface area contributed by atoms with Crippen molar-refractivity contribution in [1.29, 1.82) is 0 Å². The summed E-state index contributed by atoms with van der Waals surface area (Å²) >= 11 is 3.39. The summed E-state index contributed by atoms with van der Waals surface area (Å²) in [5.74, 6) is -1.19. The third kappa shape index (κ3) is 4.42. The number of rotatable bonds is 6. The van der Waals surface area contributed by atoms with Crippen molar-refractivity contribution in [3.8, 4) is 5.69 Å². The maximum Gasteiger partial charge on any atom is 0.303 e. The predicted molar refractivity (Wildman–Crippen MR) is 85.1 cm³/mol. The zero-order chi connectivity index (χ0) is 16.1. The molecule has 1 heterocycles. The highest BCUT2D eigenvalue weighted by Gasteiger charge is 2.14. The summed E-state index contributed by atoms with van der Waals surface area (Å²) < 4.78 is 2.54. The van der Waals surface area contributed by atoms with E-state index in [1.165, 1.54) is 0 Å². The molecule has 1 atom stereocenters. The van der Waals surface area contributed by atoms with Crippen molar-refractivity contribution in [2.75, 3.05) is 0 Å². The van der Waals surface area contributed by atoms with Crippen molar-refractivity contribution < 1.29 is 14.7 Å². The van der Waals surface area contributed by atoms with Gasteiger partial charge in [0.15, 0.2) is 5.69 Å². The molecule has 7 heteroatoms. The van der Waals surface area contributed by atoms with Crippen molar-refractivity contribution in [1.82, 2.24) is 15.1 Å². The summed E-state index contributed by atoms with van der Waals surface area (Å²) in [5.41, 5.74) is 1.13. The van der Waals surface area contributed by atoms with Gasteiger partial charge in [0, 0.05) is 23.1 Å².